The Morgan fingerprint density at radius 2 is 1.87 bits per heavy atom. The highest BCUT2D eigenvalue weighted by Crippen LogP contribution is 2.35. The van der Waals surface area contributed by atoms with Crippen LogP contribution in [0, 0.1) is 5.82 Å². The number of hydrogen-bond acceptors (Lipinski definition) is 5. The summed E-state index contributed by atoms with van der Waals surface area (Å²) in [6, 6.07) is 8.32. The van der Waals surface area contributed by atoms with Crippen molar-refractivity contribution in [3.05, 3.63) is 70.5 Å². The number of fused-ring (bicyclic) bond motifs is 1. The number of nitrogens with one attached hydrogen (secondary N) is 1. The Balaban J connectivity index is 1.49. The highest BCUT2D eigenvalue weighted by Gasteiger charge is 2.34. The molecule has 0 unspecified atom stereocenters. The van der Waals surface area contributed by atoms with E-state index in [1.165, 1.54) is 6.07 Å². The van der Waals surface area contributed by atoms with Gasteiger partial charge in [0, 0.05) is 17.3 Å². The zero-order valence-corrected chi connectivity index (χ0v) is 15.6. The number of hydrogen-bond donors (Lipinski definition) is 1. The largest absolute Gasteiger partial charge is 0.454 e. The monoisotopic (exact) mass is 435 g/mol. The van der Waals surface area contributed by atoms with E-state index in [-0.39, 0.29) is 12.5 Å². The van der Waals surface area contributed by atoms with Crippen molar-refractivity contribution in [3.8, 4) is 22.8 Å². The van der Waals surface area contributed by atoms with Gasteiger partial charge in [-0.2, -0.15) is 13.2 Å². The van der Waals surface area contributed by atoms with Gasteiger partial charge in [-0.15, -0.1) is 0 Å². The fourth-order valence-electron chi connectivity index (χ4n) is 2.93. The molecule has 160 valence electrons. The second kappa shape index (κ2) is 7.74. The second-order valence-electron chi connectivity index (χ2n) is 6.55. The Labute approximate surface area is 171 Å². The smallest absolute Gasteiger partial charge is 0.419 e. The van der Waals surface area contributed by atoms with Gasteiger partial charge in [0.25, 0.3) is 5.56 Å². The Kier molecular flexibility index (Phi) is 5.09. The summed E-state index contributed by atoms with van der Waals surface area (Å²) in [6.45, 7) is -0.395. The predicted octanol–water partition coefficient (Wildman–Crippen LogP) is 3.44. The molecular weight excluding hydrogens is 422 g/mol. The number of carbonyl (C=O) groups excluding carboxylic acids is 1. The highest BCUT2D eigenvalue weighted by atomic mass is 19.4. The van der Waals surface area contributed by atoms with Crippen molar-refractivity contribution in [3.63, 3.8) is 0 Å². The molecule has 0 radical (unpaired) electrons. The Morgan fingerprint density at radius 1 is 1.10 bits per heavy atom. The first-order valence-corrected chi connectivity index (χ1v) is 8.84. The molecule has 1 N–H and O–H groups in total. The quantitative estimate of drug-likeness (QED) is 0.635. The molecule has 0 saturated heterocycles. The maximum absolute atomic E-state index is 13.4. The van der Waals surface area contributed by atoms with E-state index in [0.29, 0.717) is 34.9 Å². The Hall–Kier alpha value is -3.89. The number of aromatic nitrogens is 2. The molecule has 1 aromatic heterocycles. The van der Waals surface area contributed by atoms with Gasteiger partial charge in [0.15, 0.2) is 11.5 Å². The number of alkyl halides is 3. The maximum atomic E-state index is 13.4. The normalized spacial score (nSPS) is 12.6. The molecule has 31 heavy (non-hydrogen) atoms. The van der Waals surface area contributed by atoms with E-state index in [4.69, 9.17) is 9.47 Å². The molecule has 4 rings (SSSR count). The number of carbonyl (C=O) groups is 1. The third kappa shape index (κ3) is 4.34. The van der Waals surface area contributed by atoms with Crippen LogP contribution >= 0.6 is 0 Å². The fourth-order valence-corrected chi connectivity index (χ4v) is 2.93. The van der Waals surface area contributed by atoms with Crippen LogP contribution in [0.15, 0.2) is 53.6 Å². The standard InChI is InChI=1S/C20H13F4N3O4/c21-14-3-2-12(6-13(14)20(22,23)24)26-18(28)8-27-9-25-15(7-19(27)29)11-1-4-16-17(5-11)31-10-30-16/h1-7,9H,8,10H2,(H,26,28). The van der Waals surface area contributed by atoms with Crippen LogP contribution in [0.1, 0.15) is 5.56 Å². The van der Waals surface area contributed by atoms with E-state index >= 15 is 0 Å². The Bertz CT molecular complexity index is 1220. The minimum atomic E-state index is -4.91. The molecule has 1 aliphatic heterocycles. The molecule has 0 spiro atoms. The summed E-state index contributed by atoms with van der Waals surface area (Å²) < 4.78 is 63.2. The van der Waals surface area contributed by atoms with Crippen molar-refractivity contribution in [2.75, 3.05) is 12.1 Å². The lowest BCUT2D eigenvalue weighted by Gasteiger charge is -2.11. The lowest BCUT2D eigenvalue weighted by atomic mass is 10.1. The maximum Gasteiger partial charge on any atom is 0.419 e. The van der Waals surface area contributed by atoms with Crippen molar-refractivity contribution >= 4 is 11.6 Å². The Morgan fingerprint density at radius 3 is 2.61 bits per heavy atom. The molecule has 0 atom stereocenters. The van der Waals surface area contributed by atoms with E-state index in [1.54, 1.807) is 18.2 Å². The van der Waals surface area contributed by atoms with Gasteiger partial charge in [-0.3, -0.25) is 14.2 Å². The molecule has 0 fully saturated rings. The van der Waals surface area contributed by atoms with E-state index in [0.717, 1.165) is 17.0 Å². The van der Waals surface area contributed by atoms with E-state index in [2.05, 4.69) is 10.3 Å². The minimum absolute atomic E-state index is 0.0987. The summed E-state index contributed by atoms with van der Waals surface area (Å²) in [4.78, 5) is 28.7. The summed E-state index contributed by atoms with van der Waals surface area (Å²) in [7, 11) is 0. The lowest BCUT2D eigenvalue weighted by Crippen LogP contribution is -2.27. The fraction of sp³-hybridized carbons (Fsp3) is 0.150. The molecule has 0 saturated carbocycles. The third-order valence-electron chi connectivity index (χ3n) is 4.42. The third-order valence-corrected chi connectivity index (χ3v) is 4.42. The van der Waals surface area contributed by atoms with Crippen molar-refractivity contribution in [2.24, 2.45) is 0 Å². The number of ether oxygens (including phenoxy) is 2. The van der Waals surface area contributed by atoms with Gasteiger partial charge >= 0.3 is 6.18 Å². The number of rotatable bonds is 4. The van der Waals surface area contributed by atoms with Crippen LogP contribution in [0.25, 0.3) is 11.3 Å². The van der Waals surface area contributed by atoms with Crippen molar-refractivity contribution in [1.29, 1.82) is 0 Å². The predicted molar refractivity (Wildman–Crippen MR) is 100 cm³/mol. The van der Waals surface area contributed by atoms with Gasteiger partial charge in [0.2, 0.25) is 12.7 Å². The first kappa shape index (κ1) is 20.4. The van der Waals surface area contributed by atoms with Crippen LogP contribution in [0.2, 0.25) is 0 Å². The van der Waals surface area contributed by atoms with Gasteiger partial charge in [-0.25, -0.2) is 9.37 Å². The molecule has 0 bridgehead atoms. The minimum Gasteiger partial charge on any atom is -0.454 e. The average molecular weight is 435 g/mol. The molecule has 11 heteroatoms. The van der Waals surface area contributed by atoms with Crippen molar-refractivity contribution in [1.82, 2.24) is 9.55 Å². The molecule has 3 aromatic rings. The van der Waals surface area contributed by atoms with Gasteiger partial charge < -0.3 is 14.8 Å². The van der Waals surface area contributed by atoms with Crippen LogP contribution in [-0.4, -0.2) is 22.3 Å². The van der Waals surface area contributed by atoms with Crippen LogP contribution in [-0.2, 0) is 17.5 Å². The van der Waals surface area contributed by atoms with E-state index in [1.807, 2.05) is 0 Å². The topological polar surface area (TPSA) is 82.5 Å². The first-order chi connectivity index (χ1) is 14.7. The zero-order valence-electron chi connectivity index (χ0n) is 15.6. The SMILES string of the molecule is O=C(Cn1cnc(-c2ccc3c(c2)OCO3)cc1=O)Nc1ccc(F)c(C(F)(F)F)c1. The molecular formula is C20H13F4N3O4. The number of anilines is 1. The van der Waals surface area contributed by atoms with Crippen LogP contribution in [0.5, 0.6) is 11.5 Å². The molecule has 0 aliphatic carbocycles. The number of benzene rings is 2. The van der Waals surface area contributed by atoms with E-state index in [9.17, 15) is 27.2 Å². The first-order valence-electron chi connectivity index (χ1n) is 8.84. The summed E-state index contributed by atoms with van der Waals surface area (Å²) in [5.74, 6) is -1.15. The average Bonchev–Trinajstić information content (AvgIpc) is 3.18. The number of halogens is 4. The van der Waals surface area contributed by atoms with Crippen molar-refractivity contribution in [2.45, 2.75) is 12.7 Å². The lowest BCUT2D eigenvalue weighted by molar-refractivity contribution is -0.140. The summed E-state index contributed by atoms with van der Waals surface area (Å²) in [5.41, 5.74) is -1.36. The molecule has 1 amide bonds. The van der Waals surface area contributed by atoms with Gasteiger partial charge in [-0.1, -0.05) is 0 Å². The van der Waals surface area contributed by atoms with E-state index < -0.39 is 35.6 Å². The summed E-state index contributed by atoms with van der Waals surface area (Å²) >= 11 is 0. The molecule has 2 aromatic carbocycles. The van der Waals surface area contributed by atoms with Gasteiger partial charge in [-0.05, 0) is 36.4 Å². The second-order valence-corrected chi connectivity index (χ2v) is 6.55. The molecule has 7 nitrogen and oxygen atoms in total. The van der Waals surface area contributed by atoms with Gasteiger partial charge in [0.1, 0.15) is 12.4 Å². The molecule has 1 aliphatic rings. The number of amides is 1. The summed E-state index contributed by atoms with van der Waals surface area (Å²) in [6.07, 6.45) is -3.76. The molecule has 2 heterocycles. The van der Waals surface area contributed by atoms with Crippen LogP contribution < -0.4 is 20.3 Å². The van der Waals surface area contributed by atoms with Gasteiger partial charge in [0.05, 0.1) is 17.6 Å². The highest BCUT2D eigenvalue weighted by molar-refractivity contribution is 5.90. The van der Waals surface area contributed by atoms with Crippen molar-refractivity contribution < 1.29 is 31.8 Å². The van der Waals surface area contributed by atoms with Crippen LogP contribution in [0.4, 0.5) is 23.2 Å². The summed E-state index contributed by atoms with van der Waals surface area (Å²) in [5, 5.41) is 2.21. The number of nitrogens with zero attached hydrogens (tertiary/aromatic N) is 2. The zero-order chi connectivity index (χ0) is 22.2. The van der Waals surface area contributed by atoms with Crippen LogP contribution in [0.3, 0.4) is 0 Å².